The first-order valence-corrected chi connectivity index (χ1v) is 6.31. The molecule has 1 aliphatic rings. The average Bonchev–Trinajstić information content (AvgIpc) is 2.31. The molecule has 16 heavy (non-hydrogen) atoms. The molecule has 0 aromatic heterocycles. The van der Waals surface area contributed by atoms with Crippen molar-refractivity contribution in [1.82, 2.24) is 4.90 Å². The van der Waals surface area contributed by atoms with Crippen LogP contribution in [0.2, 0.25) is 0 Å². The summed E-state index contributed by atoms with van der Waals surface area (Å²) in [6, 6.07) is 0. The zero-order chi connectivity index (χ0) is 11.9. The van der Waals surface area contributed by atoms with Gasteiger partial charge in [-0.3, -0.25) is 4.90 Å². The molecule has 0 aromatic rings. The van der Waals surface area contributed by atoms with Crippen LogP contribution in [0, 0.1) is 5.41 Å². The Morgan fingerprint density at radius 1 is 1.06 bits per heavy atom. The fraction of sp³-hybridized carbons (Fsp3) is 0.714. The Morgan fingerprint density at radius 3 is 2.06 bits per heavy atom. The van der Waals surface area contributed by atoms with Crippen LogP contribution in [-0.2, 0) is 0 Å². The SMILES string of the molecule is C=CCN(CC=C)CC1(CO)CCCCC1. The van der Waals surface area contributed by atoms with Crippen molar-refractivity contribution in [3.8, 4) is 0 Å². The summed E-state index contributed by atoms with van der Waals surface area (Å²) in [5.74, 6) is 0. The van der Waals surface area contributed by atoms with Gasteiger partial charge in [0, 0.05) is 31.7 Å². The number of rotatable bonds is 7. The van der Waals surface area contributed by atoms with Gasteiger partial charge in [0.2, 0.25) is 0 Å². The summed E-state index contributed by atoms with van der Waals surface area (Å²) in [7, 11) is 0. The van der Waals surface area contributed by atoms with Crippen molar-refractivity contribution in [3.05, 3.63) is 25.3 Å². The van der Waals surface area contributed by atoms with E-state index in [1.165, 1.54) is 19.3 Å². The lowest BCUT2D eigenvalue weighted by molar-refractivity contribution is 0.0475. The molecule has 0 heterocycles. The zero-order valence-corrected chi connectivity index (χ0v) is 10.3. The van der Waals surface area contributed by atoms with Crippen LogP contribution in [-0.4, -0.2) is 36.2 Å². The summed E-state index contributed by atoms with van der Waals surface area (Å²) in [6.07, 6.45) is 10.0. The second-order valence-corrected chi connectivity index (χ2v) is 4.99. The summed E-state index contributed by atoms with van der Waals surface area (Å²) in [5, 5.41) is 9.65. The molecule has 1 aliphatic carbocycles. The van der Waals surface area contributed by atoms with E-state index in [4.69, 9.17) is 0 Å². The molecule has 0 saturated heterocycles. The van der Waals surface area contributed by atoms with Gasteiger partial charge in [0.05, 0.1) is 0 Å². The van der Waals surface area contributed by atoms with E-state index >= 15 is 0 Å². The fourth-order valence-electron chi connectivity index (χ4n) is 2.71. The largest absolute Gasteiger partial charge is 0.396 e. The molecule has 92 valence electrons. The Labute approximate surface area is 99.7 Å². The predicted octanol–water partition coefficient (Wildman–Crippen LogP) is 2.60. The summed E-state index contributed by atoms with van der Waals surface area (Å²) in [5.41, 5.74) is 0.129. The lowest BCUT2D eigenvalue weighted by atomic mass is 9.74. The predicted molar refractivity (Wildman–Crippen MR) is 69.4 cm³/mol. The van der Waals surface area contributed by atoms with E-state index in [0.29, 0.717) is 6.61 Å². The van der Waals surface area contributed by atoms with Crippen LogP contribution in [0.25, 0.3) is 0 Å². The van der Waals surface area contributed by atoms with Crippen LogP contribution in [0.4, 0.5) is 0 Å². The second kappa shape index (κ2) is 6.87. The van der Waals surface area contributed by atoms with Gasteiger partial charge < -0.3 is 5.11 Å². The summed E-state index contributed by atoms with van der Waals surface area (Å²) >= 11 is 0. The lowest BCUT2D eigenvalue weighted by Crippen LogP contribution is -2.41. The molecule has 0 amide bonds. The highest BCUT2D eigenvalue weighted by Gasteiger charge is 2.32. The number of aliphatic hydroxyl groups is 1. The lowest BCUT2D eigenvalue weighted by Gasteiger charge is -2.39. The Kier molecular flexibility index (Phi) is 5.78. The topological polar surface area (TPSA) is 23.5 Å². The molecule has 1 fully saturated rings. The first kappa shape index (κ1) is 13.5. The van der Waals surface area contributed by atoms with Crippen molar-refractivity contribution in [2.45, 2.75) is 32.1 Å². The molecule has 1 N–H and O–H groups in total. The van der Waals surface area contributed by atoms with Crippen molar-refractivity contribution in [2.24, 2.45) is 5.41 Å². The van der Waals surface area contributed by atoms with E-state index in [0.717, 1.165) is 32.5 Å². The molecule has 0 bridgehead atoms. The van der Waals surface area contributed by atoms with Gasteiger partial charge in [-0.1, -0.05) is 31.4 Å². The van der Waals surface area contributed by atoms with Gasteiger partial charge in [0.25, 0.3) is 0 Å². The van der Waals surface area contributed by atoms with E-state index in [9.17, 15) is 5.11 Å². The first-order chi connectivity index (χ1) is 7.76. The van der Waals surface area contributed by atoms with E-state index in [-0.39, 0.29) is 5.41 Å². The van der Waals surface area contributed by atoms with Crippen LogP contribution in [0.3, 0.4) is 0 Å². The van der Waals surface area contributed by atoms with Gasteiger partial charge in [-0.15, -0.1) is 13.2 Å². The van der Waals surface area contributed by atoms with Crippen molar-refractivity contribution in [3.63, 3.8) is 0 Å². The van der Waals surface area contributed by atoms with Crippen LogP contribution in [0.1, 0.15) is 32.1 Å². The minimum atomic E-state index is 0.129. The van der Waals surface area contributed by atoms with Crippen LogP contribution in [0.15, 0.2) is 25.3 Å². The van der Waals surface area contributed by atoms with Crippen molar-refractivity contribution >= 4 is 0 Å². The monoisotopic (exact) mass is 223 g/mol. The van der Waals surface area contributed by atoms with E-state index < -0.39 is 0 Å². The third-order valence-electron chi connectivity index (χ3n) is 3.58. The average molecular weight is 223 g/mol. The summed E-state index contributed by atoms with van der Waals surface area (Å²) in [4.78, 5) is 2.32. The molecule has 0 aromatic carbocycles. The number of aliphatic hydroxyl groups excluding tert-OH is 1. The molecule has 2 nitrogen and oxygen atoms in total. The molecule has 0 unspecified atom stereocenters. The third-order valence-corrected chi connectivity index (χ3v) is 3.58. The van der Waals surface area contributed by atoms with Gasteiger partial charge in [-0.05, 0) is 12.8 Å². The minimum absolute atomic E-state index is 0.129. The first-order valence-electron chi connectivity index (χ1n) is 6.31. The Balaban J connectivity index is 2.56. The number of hydrogen-bond donors (Lipinski definition) is 1. The molecule has 1 rings (SSSR count). The molecule has 0 spiro atoms. The summed E-state index contributed by atoms with van der Waals surface area (Å²) in [6.45, 7) is 10.6. The third kappa shape index (κ3) is 3.76. The Bertz CT molecular complexity index is 209. The standard InChI is InChI=1S/C14H25NO/c1-3-10-15(11-4-2)12-14(13-16)8-6-5-7-9-14/h3-4,16H,1-2,5-13H2. The Morgan fingerprint density at radius 2 is 1.62 bits per heavy atom. The van der Waals surface area contributed by atoms with E-state index in [1.54, 1.807) is 0 Å². The van der Waals surface area contributed by atoms with Crippen LogP contribution in [0.5, 0.6) is 0 Å². The van der Waals surface area contributed by atoms with E-state index in [2.05, 4.69) is 18.1 Å². The second-order valence-electron chi connectivity index (χ2n) is 4.99. The van der Waals surface area contributed by atoms with Gasteiger partial charge in [-0.2, -0.15) is 0 Å². The number of hydrogen-bond acceptors (Lipinski definition) is 2. The molecular formula is C14H25NO. The molecule has 0 radical (unpaired) electrons. The molecule has 0 atom stereocenters. The normalized spacial score (nSPS) is 19.6. The van der Waals surface area contributed by atoms with Crippen LogP contribution < -0.4 is 0 Å². The molecular weight excluding hydrogens is 198 g/mol. The quantitative estimate of drug-likeness (QED) is 0.671. The molecule has 0 aliphatic heterocycles. The Hall–Kier alpha value is -0.600. The maximum atomic E-state index is 9.65. The maximum Gasteiger partial charge on any atom is 0.0499 e. The number of nitrogens with zero attached hydrogens (tertiary/aromatic N) is 1. The molecule has 2 heteroatoms. The van der Waals surface area contributed by atoms with E-state index in [1.807, 2.05) is 12.2 Å². The van der Waals surface area contributed by atoms with Gasteiger partial charge >= 0.3 is 0 Å². The highest BCUT2D eigenvalue weighted by atomic mass is 16.3. The van der Waals surface area contributed by atoms with Crippen molar-refractivity contribution < 1.29 is 5.11 Å². The fourth-order valence-corrected chi connectivity index (χ4v) is 2.71. The maximum absolute atomic E-state index is 9.65. The van der Waals surface area contributed by atoms with Gasteiger partial charge in [0.1, 0.15) is 0 Å². The van der Waals surface area contributed by atoms with Gasteiger partial charge in [-0.25, -0.2) is 0 Å². The zero-order valence-electron chi connectivity index (χ0n) is 10.3. The minimum Gasteiger partial charge on any atom is -0.396 e. The highest BCUT2D eigenvalue weighted by molar-refractivity contribution is 4.89. The van der Waals surface area contributed by atoms with Gasteiger partial charge in [0.15, 0.2) is 0 Å². The summed E-state index contributed by atoms with van der Waals surface area (Å²) < 4.78 is 0. The van der Waals surface area contributed by atoms with Crippen LogP contribution >= 0.6 is 0 Å². The van der Waals surface area contributed by atoms with Crippen molar-refractivity contribution in [2.75, 3.05) is 26.2 Å². The highest BCUT2D eigenvalue weighted by Crippen LogP contribution is 2.36. The molecule has 1 saturated carbocycles. The van der Waals surface area contributed by atoms with Crippen molar-refractivity contribution in [1.29, 1.82) is 0 Å². The smallest absolute Gasteiger partial charge is 0.0499 e.